The number of rotatable bonds is 5. The molecule has 1 spiro atoms. The Morgan fingerprint density at radius 3 is 2.55 bits per heavy atom. The molecule has 10 nitrogen and oxygen atoms in total. The number of ketones is 1. The second-order valence-electron chi connectivity index (χ2n) is 9.51. The van der Waals surface area contributed by atoms with Crippen molar-refractivity contribution in [3.8, 4) is 11.5 Å². The van der Waals surface area contributed by atoms with E-state index in [9.17, 15) is 19.2 Å². The van der Waals surface area contributed by atoms with Crippen LogP contribution in [0.2, 0.25) is 0 Å². The van der Waals surface area contributed by atoms with Crippen molar-refractivity contribution in [2.75, 3.05) is 32.3 Å². The zero-order valence-electron chi connectivity index (χ0n) is 18.3. The van der Waals surface area contributed by atoms with E-state index in [1.165, 1.54) is 7.11 Å². The lowest BCUT2D eigenvalue weighted by molar-refractivity contribution is -0.188. The van der Waals surface area contributed by atoms with Crippen molar-refractivity contribution in [1.29, 1.82) is 0 Å². The minimum Gasteiger partial charge on any atom is -0.493 e. The third-order valence-corrected chi connectivity index (χ3v) is 8.37. The molecule has 5 aliphatic rings. The number of amides is 2. The molecule has 1 aromatic rings. The van der Waals surface area contributed by atoms with Gasteiger partial charge in [0.05, 0.1) is 44.0 Å². The summed E-state index contributed by atoms with van der Waals surface area (Å²) in [5.74, 6) is -2.56. The van der Waals surface area contributed by atoms with Gasteiger partial charge in [0.15, 0.2) is 11.5 Å². The second-order valence-corrected chi connectivity index (χ2v) is 9.51. The zero-order chi connectivity index (χ0) is 23.2. The smallest absolute Gasteiger partial charge is 0.329 e. The van der Waals surface area contributed by atoms with Gasteiger partial charge in [0.1, 0.15) is 6.61 Å². The van der Waals surface area contributed by atoms with Crippen molar-refractivity contribution in [2.24, 2.45) is 11.8 Å². The topological polar surface area (TPSA) is 123 Å². The minimum atomic E-state index is -1.14. The number of nitrogens with zero attached hydrogens (tertiary/aromatic N) is 2. The molecule has 3 saturated heterocycles. The number of anilines is 1. The van der Waals surface area contributed by atoms with E-state index in [0.717, 1.165) is 12.0 Å². The molecule has 6 rings (SSSR count). The first-order valence-corrected chi connectivity index (χ1v) is 11.1. The summed E-state index contributed by atoms with van der Waals surface area (Å²) < 4.78 is 16.7. The predicted molar refractivity (Wildman–Crippen MR) is 111 cm³/mol. The van der Waals surface area contributed by atoms with Crippen molar-refractivity contribution < 1.29 is 38.5 Å². The van der Waals surface area contributed by atoms with E-state index in [-0.39, 0.29) is 18.2 Å². The average molecular weight is 456 g/mol. The zero-order valence-corrected chi connectivity index (χ0v) is 18.3. The lowest BCUT2D eigenvalue weighted by Gasteiger charge is -2.66. The first-order chi connectivity index (χ1) is 15.8. The first-order valence-electron chi connectivity index (χ1n) is 11.1. The van der Waals surface area contributed by atoms with Gasteiger partial charge in [-0.05, 0) is 24.5 Å². The molecule has 1 saturated carbocycles. The standard InChI is InChI=1S/C23H24N2O8/c1-31-13-5-10-12(6-14(13)32-2)25-16(26)7-15(33-9-17(27)28)18-11-8-23(19(10)20(18)25)3-4-24(23)22(30)21(11)29/h5-6,11,15,18-20H,3-4,7-9H2,1-2H3,(H,27,28)/t11-,15+,18-,19-,20-,23-/m1/s1. The minimum absolute atomic E-state index is 0.0519. The molecule has 0 radical (unpaired) electrons. The number of fused-ring (bicyclic) bond motifs is 5. The van der Waals surface area contributed by atoms with Gasteiger partial charge in [0, 0.05) is 30.4 Å². The molecule has 0 aromatic heterocycles. The fourth-order valence-corrected chi connectivity index (χ4v) is 7.16. The van der Waals surface area contributed by atoms with Crippen LogP contribution in [0.1, 0.15) is 30.7 Å². The van der Waals surface area contributed by atoms with Gasteiger partial charge >= 0.3 is 5.97 Å². The summed E-state index contributed by atoms with van der Waals surface area (Å²) in [4.78, 5) is 54.2. The van der Waals surface area contributed by atoms with Gasteiger partial charge in [-0.15, -0.1) is 0 Å². The van der Waals surface area contributed by atoms with E-state index >= 15 is 0 Å². The van der Waals surface area contributed by atoms with Crippen LogP contribution in [0, 0.1) is 11.8 Å². The molecule has 4 aliphatic heterocycles. The number of hydrogen-bond donors (Lipinski definition) is 1. The Balaban J connectivity index is 1.55. The molecule has 2 amide bonds. The van der Waals surface area contributed by atoms with E-state index in [1.54, 1.807) is 23.0 Å². The first kappa shape index (κ1) is 20.5. The van der Waals surface area contributed by atoms with Crippen molar-refractivity contribution >= 4 is 29.3 Å². The Morgan fingerprint density at radius 2 is 1.91 bits per heavy atom. The number of carboxylic acids is 1. The molecule has 1 aliphatic carbocycles. The van der Waals surface area contributed by atoms with Crippen LogP contribution >= 0.6 is 0 Å². The van der Waals surface area contributed by atoms with Gasteiger partial charge in [-0.2, -0.15) is 0 Å². The summed E-state index contributed by atoms with van der Waals surface area (Å²) in [7, 11) is 3.07. The van der Waals surface area contributed by atoms with Crippen molar-refractivity contribution in [2.45, 2.75) is 42.9 Å². The molecule has 33 heavy (non-hydrogen) atoms. The number of methoxy groups -OCH3 is 2. The Labute approximate surface area is 189 Å². The van der Waals surface area contributed by atoms with Gasteiger partial charge in [-0.1, -0.05) is 0 Å². The lowest BCUT2D eigenvalue weighted by atomic mass is 9.51. The largest absolute Gasteiger partial charge is 0.493 e. The maximum absolute atomic E-state index is 13.4. The van der Waals surface area contributed by atoms with Crippen LogP contribution in [-0.4, -0.2) is 78.6 Å². The molecule has 1 N–H and O–H groups in total. The van der Waals surface area contributed by atoms with E-state index in [2.05, 4.69) is 0 Å². The van der Waals surface area contributed by atoms with E-state index in [1.807, 2.05) is 6.07 Å². The number of ether oxygens (including phenoxy) is 3. The van der Waals surface area contributed by atoms with Crippen molar-refractivity contribution in [1.82, 2.24) is 4.90 Å². The van der Waals surface area contributed by atoms with Crippen LogP contribution in [0.5, 0.6) is 11.5 Å². The Bertz CT molecular complexity index is 1120. The molecule has 4 heterocycles. The average Bonchev–Trinajstić information content (AvgIpc) is 3.12. The lowest BCUT2D eigenvalue weighted by Crippen LogP contribution is -2.78. The quantitative estimate of drug-likeness (QED) is 0.638. The van der Waals surface area contributed by atoms with Crippen LogP contribution in [0.15, 0.2) is 12.1 Å². The number of carboxylic acid groups (broad SMARTS) is 1. The highest BCUT2D eigenvalue weighted by atomic mass is 16.5. The predicted octanol–water partition coefficient (Wildman–Crippen LogP) is 0.566. The number of carbonyl (C=O) groups excluding carboxylic acids is 3. The van der Waals surface area contributed by atoms with Crippen LogP contribution in [0.4, 0.5) is 5.69 Å². The Kier molecular flexibility index (Phi) is 4.15. The fraction of sp³-hybridized carbons (Fsp3) is 0.565. The monoisotopic (exact) mass is 456 g/mol. The van der Waals surface area contributed by atoms with Crippen LogP contribution in [0.3, 0.4) is 0 Å². The number of aliphatic carboxylic acids is 1. The summed E-state index contributed by atoms with van der Waals surface area (Å²) >= 11 is 0. The van der Waals surface area contributed by atoms with E-state index in [0.29, 0.717) is 30.2 Å². The highest BCUT2D eigenvalue weighted by Crippen LogP contribution is 2.65. The van der Waals surface area contributed by atoms with Crippen molar-refractivity contribution in [3.63, 3.8) is 0 Å². The van der Waals surface area contributed by atoms with E-state index in [4.69, 9.17) is 19.3 Å². The van der Waals surface area contributed by atoms with Gasteiger partial charge < -0.3 is 29.1 Å². The van der Waals surface area contributed by atoms with Crippen LogP contribution < -0.4 is 14.4 Å². The third-order valence-electron chi connectivity index (χ3n) is 8.37. The number of hydrogen-bond acceptors (Lipinski definition) is 7. The molecule has 1 aromatic carbocycles. The summed E-state index contributed by atoms with van der Waals surface area (Å²) in [5, 5.41) is 9.16. The highest BCUT2D eigenvalue weighted by molar-refractivity contribution is 6.38. The maximum Gasteiger partial charge on any atom is 0.329 e. The SMILES string of the molecule is COc1cc2c(cc1OC)N1C(=O)C[C@H](OCC(=O)O)[C@@H]3[C@@H]1[C@@H]2[C@]12CCN1C(=O)C(=O)[C@@H]3C2. The van der Waals surface area contributed by atoms with Gasteiger partial charge in [0.2, 0.25) is 11.7 Å². The Hall–Kier alpha value is -3.14. The molecular weight excluding hydrogens is 432 g/mol. The van der Waals surface area contributed by atoms with Gasteiger partial charge in [0.25, 0.3) is 5.91 Å². The molecule has 0 unspecified atom stereocenters. The molecular formula is C23H24N2O8. The molecule has 4 fully saturated rings. The third kappa shape index (κ3) is 2.41. The summed E-state index contributed by atoms with van der Waals surface area (Å²) in [6, 6.07) is 3.25. The Morgan fingerprint density at radius 1 is 1.18 bits per heavy atom. The normalized spacial score (nSPS) is 35.5. The van der Waals surface area contributed by atoms with Crippen LogP contribution in [0.25, 0.3) is 0 Å². The molecule has 2 bridgehead atoms. The van der Waals surface area contributed by atoms with Crippen molar-refractivity contribution in [3.05, 3.63) is 17.7 Å². The van der Waals surface area contributed by atoms with Gasteiger partial charge in [-0.3, -0.25) is 14.4 Å². The second kappa shape index (κ2) is 6.69. The summed E-state index contributed by atoms with van der Waals surface area (Å²) in [6.45, 7) is -0.0484. The highest BCUT2D eigenvalue weighted by Gasteiger charge is 2.72. The summed E-state index contributed by atoms with van der Waals surface area (Å²) in [6.07, 6.45) is 0.434. The summed E-state index contributed by atoms with van der Waals surface area (Å²) in [5.41, 5.74) is 1.04. The van der Waals surface area contributed by atoms with Gasteiger partial charge in [-0.25, -0.2) is 4.79 Å². The molecule has 6 atom stereocenters. The van der Waals surface area contributed by atoms with E-state index < -0.39 is 53.8 Å². The fourth-order valence-electron chi connectivity index (χ4n) is 7.16. The van der Waals surface area contributed by atoms with Crippen LogP contribution in [-0.2, 0) is 23.9 Å². The number of carbonyl (C=O) groups is 4. The number of piperidine rings is 2. The number of benzene rings is 1. The number of Topliss-reactive ketones (excluding diaryl/α,β-unsaturated/α-hetero) is 1. The molecule has 174 valence electrons. The molecule has 10 heteroatoms. The maximum atomic E-state index is 13.4.